The third-order valence-electron chi connectivity index (χ3n) is 4.00. The lowest BCUT2D eigenvalue weighted by molar-refractivity contribution is 0.224. The van der Waals surface area contributed by atoms with Crippen LogP contribution >= 0.6 is 0 Å². The Morgan fingerprint density at radius 2 is 1.67 bits per heavy atom. The molecular weight excluding hydrogens is 218 g/mol. The SMILES string of the molecule is CCNC(CC(C)C(C)(C)C)c1ccc(C)cc1. The van der Waals surface area contributed by atoms with E-state index in [1.54, 1.807) is 0 Å². The second-order valence-electron chi connectivity index (χ2n) is 6.52. The molecule has 1 heteroatoms. The summed E-state index contributed by atoms with van der Waals surface area (Å²) in [5.74, 6) is 0.697. The zero-order valence-electron chi connectivity index (χ0n) is 12.9. The monoisotopic (exact) mass is 247 g/mol. The molecule has 0 radical (unpaired) electrons. The highest BCUT2D eigenvalue weighted by Crippen LogP contribution is 2.33. The van der Waals surface area contributed by atoms with Crippen molar-refractivity contribution in [2.45, 2.75) is 54.0 Å². The van der Waals surface area contributed by atoms with Gasteiger partial charge in [0.25, 0.3) is 0 Å². The van der Waals surface area contributed by atoms with Crippen LogP contribution in [-0.2, 0) is 0 Å². The maximum atomic E-state index is 3.62. The Morgan fingerprint density at radius 3 is 2.11 bits per heavy atom. The van der Waals surface area contributed by atoms with Crippen LogP contribution in [0.2, 0.25) is 0 Å². The lowest BCUT2D eigenvalue weighted by atomic mass is 9.77. The average Bonchev–Trinajstić information content (AvgIpc) is 2.28. The van der Waals surface area contributed by atoms with E-state index in [0.717, 1.165) is 6.54 Å². The molecule has 2 unspecified atom stereocenters. The van der Waals surface area contributed by atoms with Crippen LogP contribution in [0.3, 0.4) is 0 Å². The van der Waals surface area contributed by atoms with Crippen LogP contribution in [0.5, 0.6) is 0 Å². The molecule has 1 N–H and O–H groups in total. The minimum Gasteiger partial charge on any atom is -0.310 e. The highest BCUT2D eigenvalue weighted by Gasteiger charge is 2.23. The number of rotatable bonds is 5. The van der Waals surface area contributed by atoms with Gasteiger partial charge in [-0.05, 0) is 36.8 Å². The smallest absolute Gasteiger partial charge is 0.0322 e. The van der Waals surface area contributed by atoms with Crippen molar-refractivity contribution in [1.29, 1.82) is 0 Å². The molecule has 2 atom stereocenters. The molecule has 0 aromatic heterocycles. The molecule has 1 nitrogen and oxygen atoms in total. The van der Waals surface area contributed by atoms with Gasteiger partial charge in [0, 0.05) is 6.04 Å². The lowest BCUT2D eigenvalue weighted by Crippen LogP contribution is -2.27. The standard InChI is InChI=1S/C17H29N/c1-7-18-16(12-14(3)17(4,5)6)15-10-8-13(2)9-11-15/h8-11,14,16,18H,7,12H2,1-6H3. The summed E-state index contributed by atoms with van der Waals surface area (Å²) < 4.78 is 0. The summed E-state index contributed by atoms with van der Waals surface area (Å²) in [5.41, 5.74) is 3.12. The molecule has 1 rings (SSSR count). The zero-order valence-corrected chi connectivity index (χ0v) is 12.9. The highest BCUT2D eigenvalue weighted by molar-refractivity contribution is 5.24. The molecule has 1 aromatic carbocycles. The number of benzene rings is 1. The summed E-state index contributed by atoms with van der Waals surface area (Å²) in [4.78, 5) is 0. The van der Waals surface area contributed by atoms with Crippen LogP contribution in [0, 0.1) is 18.3 Å². The van der Waals surface area contributed by atoms with Crippen molar-refractivity contribution in [1.82, 2.24) is 5.32 Å². The van der Waals surface area contributed by atoms with Gasteiger partial charge in [-0.1, -0.05) is 64.4 Å². The van der Waals surface area contributed by atoms with Gasteiger partial charge in [0.15, 0.2) is 0 Å². The number of nitrogens with one attached hydrogen (secondary N) is 1. The van der Waals surface area contributed by atoms with Gasteiger partial charge >= 0.3 is 0 Å². The molecule has 0 bridgehead atoms. The van der Waals surface area contributed by atoms with Gasteiger partial charge in [-0.25, -0.2) is 0 Å². The number of hydrogen-bond donors (Lipinski definition) is 1. The molecule has 1 aromatic rings. The third kappa shape index (κ3) is 4.45. The van der Waals surface area contributed by atoms with Gasteiger partial charge in [-0.2, -0.15) is 0 Å². The Kier molecular flexibility index (Phi) is 5.40. The van der Waals surface area contributed by atoms with E-state index in [2.05, 4.69) is 71.1 Å². The van der Waals surface area contributed by atoms with Crippen molar-refractivity contribution in [3.63, 3.8) is 0 Å². The summed E-state index contributed by atoms with van der Waals surface area (Å²) in [6, 6.07) is 9.42. The van der Waals surface area contributed by atoms with Crippen molar-refractivity contribution in [3.05, 3.63) is 35.4 Å². The fraction of sp³-hybridized carbons (Fsp3) is 0.647. The maximum absolute atomic E-state index is 3.62. The average molecular weight is 247 g/mol. The van der Waals surface area contributed by atoms with E-state index in [1.807, 2.05) is 0 Å². The molecule has 0 saturated carbocycles. The normalized spacial score (nSPS) is 15.4. The van der Waals surface area contributed by atoms with E-state index in [1.165, 1.54) is 17.5 Å². The molecule has 0 aliphatic carbocycles. The molecule has 0 saturated heterocycles. The predicted octanol–water partition coefficient (Wildman–Crippen LogP) is 4.72. The summed E-state index contributed by atoms with van der Waals surface area (Å²) in [6.07, 6.45) is 1.19. The molecule has 102 valence electrons. The first-order valence-corrected chi connectivity index (χ1v) is 7.14. The van der Waals surface area contributed by atoms with Gasteiger partial charge in [0.05, 0.1) is 0 Å². The lowest BCUT2D eigenvalue weighted by Gasteiger charge is -2.31. The third-order valence-corrected chi connectivity index (χ3v) is 4.00. The molecule has 0 fully saturated rings. The van der Waals surface area contributed by atoms with Gasteiger partial charge in [-0.15, -0.1) is 0 Å². The van der Waals surface area contributed by atoms with Crippen molar-refractivity contribution in [3.8, 4) is 0 Å². The summed E-state index contributed by atoms with van der Waals surface area (Å²) >= 11 is 0. The van der Waals surface area contributed by atoms with Crippen molar-refractivity contribution < 1.29 is 0 Å². The Bertz CT molecular complexity index is 345. The van der Waals surface area contributed by atoms with E-state index >= 15 is 0 Å². The van der Waals surface area contributed by atoms with Crippen LogP contribution in [0.15, 0.2) is 24.3 Å². The second-order valence-corrected chi connectivity index (χ2v) is 6.52. The number of hydrogen-bond acceptors (Lipinski definition) is 1. The van der Waals surface area contributed by atoms with E-state index in [-0.39, 0.29) is 0 Å². The molecule has 0 aliphatic rings. The van der Waals surface area contributed by atoms with Crippen LogP contribution in [0.1, 0.15) is 58.2 Å². The first kappa shape index (κ1) is 15.2. The van der Waals surface area contributed by atoms with E-state index < -0.39 is 0 Å². The van der Waals surface area contributed by atoms with Crippen LogP contribution < -0.4 is 5.32 Å². The fourth-order valence-corrected chi connectivity index (χ4v) is 2.09. The first-order valence-electron chi connectivity index (χ1n) is 7.14. The summed E-state index contributed by atoms with van der Waals surface area (Å²) in [6.45, 7) is 14.7. The van der Waals surface area contributed by atoms with Gasteiger partial charge < -0.3 is 5.32 Å². The molecule has 0 heterocycles. The Morgan fingerprint density at radius 1 is 1.11 bits per heavy atom. The molecule has 18 heavy (non-hydrogen) atoms. The van der Waals surface area contributed by atoms with Gasteiger partial charge in [0.2, 0.25) is 0 Å². The Labute approximate surface area is 113 Å². The van der Waals surface area contributed by atoms with Crippen molar-refractivity contribution in [2.24, 2.45) is 11.3 Å². The van der Waals surface area contributed by atoms with Gasteiger partial charge in [-0.3, -0.25) is 0 Å². The van der Waals surface area contributed by atoms with Crippen LogP contribution in [-0.4, -0.2) is 6.54 Å². The van der Waals surface area contributed by atoms with Crippen LogP contribution in [0.4, 0.5) is 0 Å². The first-order chi connectivity index (χ1) is 8.34. The van der Waals surface area contributed by atoms with E-state index in [9.17, 15) is 0 Å². The largest absolute Gasteiger partial charge is 0.310 e. The quantitative estimate of drug-likeness (QED) is 0.794. The van der Waals surface area contributed by atoms with Crippen molar-refractivity contribution >= 4 is 0 Å². The summed E-state index contributed by atoms with van der Waals surface area (Å²) in [7, 11) is 0. The zero-order chi connectivity index (χ0) is 13.8. The molecule has 0 amide bonds. The Hall–Kier alpha value is -0.820. The maximum Gasteiger partial charge on any atom is 0.0322 e. The van der Waals surface area contributed by atoms with E-state index in [0.29, 0.717) is 17.4 Å². The minimum absolute atomic E-state index is 0.373. The van der Waals surface area contributed by atoms with E-state index in [4.69, 9.17) is 0 Å². The van der Waals surface area contributed by atoms with Crippen LogP contribution in [0.25, 0.3) is 0 Å². The van der Waals surface area contributed by atoms with Gasteiger partial charge in [0.1, 0.15) is 0 Å². The minimum atomic E-state index is 0.373. The highest BCUT2D eigenvalue weighted by atomic mass is 14.9. The fourth-order valence-electron chi connectivity index (χ4n) is 2.09. The summed E-state index contributed by atoms with van der Waals surface area (Å²) in [5, 5.41) is 3.62. The molecule has 0 spiro atoms. The molecule has 0 aliphatic heterocycles. The number of aryl methyl sites for hydroxylation is 1. The predicted molar refractivity (Wildman–Crippen MR) is 80.8 cm³/mol. The Balaban J connectivity index is 2.80. The van der Waals surface area contributed by atoms with Crippen molar-refractivity contribution in [2.75, 3.05) is 6.54 Å². The topological polar surface area (TPSA) is 12.0 Å². The molecular formula is C17H29N. The second kappa shape index (κ2) is 6.38.